The van der Waals surface area contributed by atoms with Crippen LogP contribution in [0.25, 0.3) is 0 Å². The van der Waals surface area contributed by atoms with E-state index in [-0.39, 0.29) is 33.5 Å². The first-order valence-corrected chi connectivity index (χ1v) is 12.5. The third kappa shape index (κ3) is 5.01. The van der Waals surface area contributed by atoms with Crippen LogP contribution in [0, 0.1) is 0 Å². The van der Waals surface area contributed by atoms with Crippen molar-refractivity contribution in [3.8, 4) is 0 Å². The number of anilines is 2. The van der Waals surface area contributed by atoms with E-state index in [2.05, 4.69) is 14.7 Å². The summed E-state index contributed by atoms with van der Waals surface area (Å²) in [5, 5.41) is 3.28. The van der Waals surface area contributed by atoms with Crippen LogP contribution in [0.2, 0.25) is 5.02 Å². The Bertz CT molecular complexity index is 1210. The van der Waals surface area contributed by atoms with E-state index in [0.29, 0.717) is 11.6 Å². The SMILES string of the molecule is CCOC1=C(Cl)C=CS(S(=O)(=O)Nc2cc(Cl)cnc2C(=O)c2ccnc(N)c2)=C1. The van der Waals surface area contributed by atoms with Crippen molar-refractivity contribution >= 4 is 64.4 Å². The number of rotatable bonds is 7. The van der Waals surface area contributed by atoms with Crippen LogP contribution in [0.3, 0.4) is 0 Å². The van der Waals surface area contributed by atoms with Gasteiger partial charge in [-0.3, -0.25) is 9.52 Å². The molecule has 0 saturated heterocycles. The minimum Gasteiger partial charge on any atom is -0.492 e. The summed E-state index contributed by atoms with van der Waals surface area (Å²) in [7, 11) is -5.41. The van der Waals surface area contributed by atoms with Crippen LogP contribution in [-0.4, -0.2) is 36.1 Å². The topological polar surface area (TPSA) is 124 Å². The summed E-state index contributed by atoms with van der Waals surface area (Å²) in [6.07, 6.45) is 4.08. The van der Waals surface area contributed by atoms with E-state index in [4.69, 9.17) is 33.7 Å². The molecule has 2 aromatic rings. The monoisotopic (exact) mass is 486 g/mol. The van der Waals surface area contributed by atoms with Crippen molar-refractivity contribution < 1.29 is 17.9 Å². The second kappa shape index (κ2) is 9.17. The molecule has 3 rings (SSSR count). The molecule has 158 valence electrons. The van der Waals surface area contributed by atoms with E-state index >= 15 is 0 Å². The predicted molar refractivity (Wildman–Crippen MR) is 121 cm³/mol. The summed E-state index contributed by atoms with van der Waals surface area (Å²) in [6, 6.07) is 4.14. The number of ether oxygens (including phenoxy) is 1. The lowest BCUT2D eigenvalue weighted by molar-refractivity contribution is 0.103. The molecule has 0 spiro atoms. The van der Waals surface area contributed by atoms with Crippen LogP contribution >= 0.6 is 32.7 Å². The highest BCUT2D eigenvalue weighted by Crippen LogP contribution is 2.34. The molecular weight excluding hydrogens is 471 g/mol. The highest BCUT2D eigenvalue weighted by Gasteiger charge is 2.23. The summed E-state index contributed by atoms with van der Waals surface area (Å²) in [5.41, 5.74) is 5.65. The van der Waals surface area contributed by atoms with Crippen LogP contribution < -0.4 is 10.5 Å². The van der Waals surface area contributed by atoms with Crippen molar-refractivity contribution in [1.29, 1.82) is 0 Å². The molecule has 0 aromatic carbocycles. The number of nitrogens with one attached hydrogen (secondary N) is 1. The van der Waals surface area contributed by atoms with Gasteiger partial charge in [-0.1, -0.05) is 23.2 Å². The normalized spacial score (nSPS) is 16.2. The minimum atomic E-state index is -4.00. The Hall–Kier alpha value is -2.40. The number of hydrogen-bond acceptors (Lipinski definition) is 7. The number of nitrogens with two attached hydrogens (primary N) is 1. The lowest BCUT2D eigenvalue weighted by Gasteiger charge is -2.16. The number of halogens is 2. The van der Waals surface area contributed by atoms with E-state index in [1.54, 1.807) is 6.92 Å². The van der Waals surface area contributed by atoms with Gasteiger partial charge in [0.05, 0.1) is 22.3 Å². The second-order valence-electron chi connectivity index (χ2n) is 5.80. The number of nitrogen functional groups attached to an aromatic ring is 1. The molecule has 1 aliphatic rings. The first-order chi connectivity index (χ1) is 14.2. The van der Waals surface area contributed by atoms with Gasteiger partial charge in [-0.15, -0.1) is 0 Å². The maximum absolute atomic E-state index is 13.0. The summed E-state index contributed by atoms with van der Waals surface area (Å²) in [5.74, 6) is -0.126. The summed E-state index contributed by atoms with van der Waals surface area (Å²) < 4.78 is 33.7. The second-order valence-corrected chi connectivity index (χ2v) is 11.4. The largest absolute Gasteiger partial charge is 0.492 e. The van der Waals surface area contributed by atoms with Crippen molar-refractivity contribution in [1.82, 2.24) is 9.97 Å². The summed E-state index contributed by atoms with van der Waals surface area (Å²) in [6.45, 7) is 2.09. The molecule has 30 heavy (non-hydrogen) atoms. The quantitative estimate of drug-likeness (QED) is 0.347. The molecule has 0 aliphatic carbocycles. The van der Waals surface area contributed by atoms with Crippen molar-refractivity contribution in [3.63, 3.8) is 0 Å². The smallest absolute Gasteiger partial charge is 0.284 e. The number of pyridine rings is 2. The molecule has 1 unspecified atom stereocenters. The molecule has 3 N–H and O–H groups in total. The molecule has 0 radical (unpaired) electrons. The third-order valence-corrected chi connectivity index (χ3v) is 8.45. The highest BCUT2D eigenvalue weighted by atomic mass is 35.5. The number of allylic oxidation sites excluding steroid dienone is 3. The lowest BCUT2D eigenvalue weighted by atomic mass is 10.1. The molecule has 0 bridgehead atoms. The fraction of sp³-hybridized carbons (Fsp3) is 0.111. The molecule has 12 heteroatoms. The number of nitrogens with zero attached hydrogens (tertiary/aromatic N) is 2. The molecule has 1 atom stereocenters. The van der Waals surface area contributed by atoms with Gasteiger partial charge in [0.15, 0.2) is 0 Å². The standard InChI is InChI=1S/C18H16Cl2N4O4S2/c1-2-28-15-10-29(6-4-13(15)20)30(26,27)24-14-8-12(19)9-23-17(14)18(25)11-3-5-22-16(21)7-11/h3-10,24H,2H2,1H3,(H2,21,22). The zero-order valence-corrected chi connectivity index (χ0v) is 18.6. The Morgan fingerprint density at radius 3 is 2.77 bits per heavy atom. The molecule has 2 aromatic heterocycles. The average molecular weight is 487 g/mol. The van der Waals surface area contributed by atoms with Crippen molar-refractivity contribution in [3.05, 3.63) is 69.1 Å². The molecule has 8 nitrogen and oxygen atoms in total. The van der Waals surface area contributed by atoms with Crippen LogP contribution in [0.15, 0.2) is 52.9 Å². The van der Waals surface area contributed by atoms with Crippen molar-refractivity contribution in [2.24, 2.45) is 0 Å². The van der Waals surface area contributed by atoms with Gasteiger partial charge in [0.2, 0.25) is 5.78 Å². The minimum absolute atomic E-state index is 0.0595. The van der Waals surface area contributed by atoms with Crippen LogP contribution in [-0.2, 0) is 13.8 Å². The number of carbonyl (C=O) groups excluding carboxylic acids is 1. The number of ketones is 1. The van der Waals surface area contributed by atoms with Crippen LogP contribution in [0.4, 0.5) is 11.5 Å². The Kier molecular flexibility index (Phi) is 6.81. The number of carbonyl (C=O) groups is 1. The maximum atomic E-state index is 13.0. The van der Waals surface area contributed by atoms with E-state index in [1.807, 2.05) is 0 Å². The first kappa shape index (κ1) is 22.3. The Labute approximate surface area is 185 Å². The summed E-state index contributed by atoms with van der Waals surface area (Å²) in [4.78, 5) is 20.7. The fourth-order valence-corrected chi connectivity index (χ4v) is 6.24. The van der Waals surface area contributed by atoms with Gasteiger partial charge in [-0.2, -0.15) is 8.42 Å². The number of hydrogen-bond donors (Lipinski definition) is 2. The third-order valence-electron chi connectivity index (χ3n) is 3.71. The van der Waals surface area contributed by atoms with Crippen LogP contribution in [0.1, 0.15) is 23.0 Å². The molecule has 0 fully saturated rings. The Morgan fingerprint density at radius 1 is 1.30 bits per heavy atom. The zero-order valence-electron chi connectivity index (χ0n) is 15.5. The van der Waals surface area contributed by atoms with Gasteiger partial charge in [0, 0.05) is 23.3 Å². The predicted octanol–water partition coefficient (Wildman–Crippen LogP) is 3.69. The van der Waals surface area contributed by atoms with Crippen molar-refractivity contribution in [2.45, 2.75) is 6.92 Å². The van der Waals surface area contributed by atoms with E-state index in [0.717, 1.165) is 0 Å². The van der Waals surface area contributed by atoms with Gasteiger partial charge in [0.25, 0.3) is 9.06 Å². The van der Waals surface area contributed by atoms with E-state index in [1.165, 1.54) is 47.4 Å². The lowest BCUT2D eigenvalue weighted by Crippen LogP contribution is -2.16. The molecule has 1 aliphatic heterocycles. The van der Waals surface area contributed by atoms with Crippen LogP contribution in [0.5, 0.6) is 0 Å². The maximum Gasteiger partial charge on any atom is 0.284 e. The average Bonchev–Trinajstić information content (AvgIpc) is 2.69. The Balaban J connectivity index is 1.99. The van der Waals surface area contributed by atoms with Gasteiger partial charge in [0.1, 0.15) is 17.3 Å². The fourth-order valence-electron chi connectivity index (χ4n) is 2.41. The first-order valence-electron chi connectivity index (χ1n) is 8.44. The molecule has 3 heterocycles. The molecule has 0 amide bonds. The summed E-state index contributed by atoms with van der Waals surface area (Å²) >= 11 is 12.0. The van der Waals surface area contributed by atoms with Gasteiger partial charge in [-0.05, 0) is 46.1 Å². The van der Waals surface area contributed by atoms with Gasteiger partial charge < -0.3 is 10.5 Å². The van der Waals surface area contributed by atoms with Crippen molar-refractivity contribution in [2.75, 3.05) is 17.1 Å². The van der Waals surface area contributed by atoms with Gasteiger partial charge >= 0.3 is 0 Å². The Morgan fingerprint density at radius 2 is 2.07 bits per heavy atom. The molecule has 0 saturated carbocycles. The highest BCUT2D eigenvalue weighted by molar-refractivity contribution is 8.81. The zero-order chi connectivity index (χ0) is 21.9. The molecular formula is C18H16Cl2N4O4S2. The van der Waals surface area contributed by atoms with E-state index < -0.39 is 24.4 Å². The van der Waals surface area contributed by atoms with Gasteiger partial charge in [-0.25, -0.2) is 9.97 Å². The number of aromatic nitrogens is 2. The van der Waals surface area contributed by atoms with E-state index in [9.17, 15) is 13.2 Å².